The highest BCUT2D eigenvalue weighted by Gasteiger charge is 2.21. The first kappa shape index (κ1) is 20.9. The van der Waals surface area contributed by atoms with Gasteiger partial charge in [0.1, 0.15) is 0 Å². The first-order chi connectivity index (χ1) is 13.9. The van der Waals surface area contributed by atoms with Crippen LogP contribution in [0.3, 0.4) is 0 Å². The van der Waals surface area contributed by atoms with Crippen molar-refractivity contribution in [1.29, 1.82) is 0 Å². The number of anilines is 2. The second kappa shape index (κ2) is 9.11. The number of benzene rings is 2. The summed E-state index contributed by atoms with van der Waals surface area (Å²) in [6.07, 6.45) is 0. The number of ether oxygens (including phenoxy) is 1. The molecule has 0 spiro atoms. The lowest BCUT2D eigenvalue weighted by Crippen LogP contribution is -2.44. The molecule has 29 heavy (non-hydrogen) atoms. The topological polar surface area (TPSA) is 88.0 Å². The smallest absolute Gasteiger partial charge is 0.311 e. The molecule has 1 N–H and O–H groups in total. The van der Waals surface area contributed by atoms with Crippen LogP contribution in [-0.2, 0) is 0 Å². The van der Waals surface area contributed by atoms with Gasteiger partial charge in [-0.1, -0.05) is 11.6 Å². The normalized spacial score (nSPS) is 14.5. The summed E-state index contributed by atoms with van der Waals surface area (Å²) in [6, 6.07) is 9.52. The van der Waals surface area contributed by atoms with Gasteiger partial charge in [0.15, 0.2) is 5.75 Å². The Morgan fingerprint density at radius 1 is 1.21 bits per heavy atom. The second-order valence-corrected chi connectivity index (χ2v) is 7.21. The molecule has 1 aliphatic heterocycles. The molecule has 0 atom stereocenters. The lowest BCUT2D eigenvalue weighted by atomic mass is 10.1. The average Bonchev–Trinajstić information content (AvgIpc) is 2.69. The molecular weight excluding hydrogens is 396 g/mol. The zero-order valence-corrected chi connectivity index (χ0v) is 17.1. The highest BCUT2D eigenvalue weighted by Crippen LogP contribution is 2.32. The number of carbonyl (C=O) groups is 1. The molecule has 1 fully saturated rings. The lowest BCUT2D eigenvalue weighted by molar-refractivity contribution is -0.385. The number of halogens is 1. The largest absolute Gasteiger partial charge is 0.487 e. The van der Waals surface area contributed by atoms with Crippen LogP contribution in [0.15, 0.2) is 36.4 Å². The molecule has 0 aliphatic carbocycles. The minimum atomic E-state index is -0.559. The van der Waals surface area contributed by atoms with Crippen molar-refractivity contribution in [2.75, 3.05) is 50.1 Å². The molecule has 154 valence electrons. The van der Waals surface area contributed by atoms with Crippen molar-refractivity contribution < 1.29 is 14.5 Å². The van der Waals surface area contributed by atoms with Crippen LogP contribution in [0.1, 0.15) is 17.3 Å². The maximum atomic E-state index is 12.8. The summed E-state index contributed by atoms with van der Waals surface area (Å²) < 4.78 is 5.27. The third-order valence-corrected chi connectivity index (χ3v) is 5.00. The van der Waals surface area contributed by atoms with Gasteiger partial charge in [0.2, 0.25) is 0 Å². The van der Waals surface area contributed by atoms with Crippen molar-refractivity contribution in [3.05, 3.63) is 57.1 Å². The van der Waals surface area contributed by atoms with Crippen molar-refractivity contribution in [2.24, 2.45) is 0 Å². The van der Waals surface area contributed by atoms with Crippen LogP contribution in [0.25, 0.3) is 0 Å². The molecule has 8 nitrogen and oxygen atoms in total. The highest BCUT2D eigenvalue weighted by atomic mass is 35.5. The Kier molecular flexibility index (Phi) is 6.56. The molecule has 0 radical (unpaired) electrons. The van der Waals surface area contributed by atoms with Crippen molar-refractivity contribution in [3.8, 4) is 5.75 Å². The summed E-state index contributed by atoms with van der Waals surface area (Å²) in [5.74, 6) is -0.316. The zero-order valence-electron chi connectivity index (χ0n) is 16.4. The quantitative estimate of drug-likeness (QED) is 0.569. The molecule has 1 amide bonds. The van der Waals surface area contributed by atoms with Gasteiger partial charge < -0.3 is 19.9 Å². The minimum absolute atomic E-state index is 0.134. The average molecular weight is 419 g/mol. The van der Waals surface area contributed by atoms with E-state index in [9.17, 15) is 14.9 Å². The molecule has 0 unspecified atom stereocenters. The van der Waals surface area contributed by atoms with Gasteiger partial charge in [0.25, 0.3) is 5.91 Å². The van der Waals surface area contributed by atoms with Gasteiger partial charge in [-0.25, -0.2) is 0 Å². The van der Waals surface area contributed by atoms with Crippen LogP contribution >= 0.6 is 11.6 Å². The predicted molar refractivity (Wildman–Crippen MR) is 113 cm³/mol. The van der Waals surface area contributed by atoms with Crippen LogP contribution < -0.4 is 15.0 Å². The predicted octanol–water partition coefficient (Wildman–Crippen LogP) is 3.65. The first-order valence-corrected chi connectivity index (χ1v) is 9.72. The molecule has 2 aromatic rings. The Morgan fingerprint density at radius 3 is 2.59 bits per heavy atom. The number of hydrogen-bond acceptors (Lipinski definition) is 6. The van der Waals surface area contributed by atoms with Crippen molar-refractivity contribution in [1.82, 2.24) is 4.90 Å². The third-order valence-electron chi connectivity index (χ3n) is 4.77. The van der Waals surface area contributed by atoms with Crippen LogP contribution in [-0.4, -0.2) is 55.6 Å². The molecule has 1 heterocycles. The lowest BCUT2D eigenvalue weighted by Gasteiger charge is -2.35. The molecule has 3 rings (SSSR count). The van der Waals surface area contributed by atoms with E-state index >= 15 is 0 Å². The summed E-state index contributed by atoms with van der Waals surface area (Å²) in [7, 11) is 2.07. The highest BCUT2D eigenvalue weighted by molar-refractivity contribution is 6.31. The number of nitrogens with one attached hydrogen (secondary N) is 1. The van der Waals surface area contributed by atoms with E-state index in [1.54, 1.807) is 19.1 Å². The van der Waals surface area contributed by atoms with E-state index < -0.39 is 10.8 Å². The number of nitro benzene ring substituents is 1. The Balaban J connectivity index is 1.86. The van der Waals surface area contributed by atoms with Crippen molar-refractivity contribution in [3.63, 3.8) is 0 Å². The van der Waals surface area contributed by atoms with Gasteiger partial charge in [0, 0.05) is 42.8 Å². The summed E-state index contributed by atoms with van der Waals surface area (Å²) in [4.78, 5) is 28.0. The minimum Gasteiger partial charge on any atom is -0.487 e. The van der Waals surface area contributed by atoms with E-state index in [1.807, 2.05) is 6.07 Å². The second-order valence-electron chi connectivity index (χ2n) is 6.78. The van der Waals surface area contributed by atoms with E-state index in [2.05, 4.69) is 22.2 Å². The van der Waals surface area contributed by atoms with Crippen LogP contribution in [0.4, 0.5) is 17.1 Å². The van der Waals surface area contributed by atoms with Gasteiger partial charge in [-0.15, -0.1) is 0 Å². The maximum Gasteiger partial charge on any atom is 0.311 e. The Morgan fingerprint density at radius 2 is 1.93 bits per heavy atom. The summed E-state index contributed by atoms with van der Waals surface area (Å²) >= 11 is 6.15. The third kappa shape index (κ3) is 4.96. The van der Waals surface area contributed by atoms with E-state index in [0.29, 0.717) is 17.3 Å². The fourth-order valence-electron chi connectivity index (χ4n) is 3.20. The first-order valence-electron chi connectivity index (χ1n) is 9.34. The monoisotopic (exact) mass is 418 g/mol. The molecule has 0 bridgehead atoms. The fraction of sp³-hybridized carbons (Fsp3) is 0.350. The molecular formula is C20H23ClN4O4. The van der Waals surface area contributed by atoms with Crippen molar-refractivity contribution >= 4 is 34.6 Å². The summed E-state index contributed by atoms with van der Waals surface area (Å²) in [5.41, 5.74) is 1.37. The Hall–Kier alpha value is -2.84. The number of likely N-dealkylation sites (N-methyl/N-ethyl adjacent to an activating group) is 1. The molecule has 9 heteroatoms. The number of hydrogen-bond donors (Lipinski definition) is 1. The van der Waals surface area contributed by atoms with Crippen LogP contribution in [0, 0.1) is 10.1 Å². The fourth-order valence-corrected chi connectivity index (χ4v) is 3.38. The van der Waals surface area contributed by atoms with Gasteiger partial charge in [-0.2, -0.15) is 0 Å². The molecule has 1 saturated heterocycles. The van der Waals surface area contributed by atoms with E-state index in [0.717, 1.165) is 31.9 Å². The van der Waals surface area contributed by atoms with Gasteiger partial charge in [-0.3, -0.25) is 14.9 Å². The van der Waals surface area contributed by atoms with Crippen molar-refractivity contribution in [2.45, 2.75) is 6.92 Å². The molecule has 0 saturated carbocycles. The van der Waals surface area contributed by atoms with E-state index in [1.165, 1.54) is 18.2 Å². The Labute approximate surface area is 174 Å². The van der Waals surface area contributed by atoms with E-state index in [4.69, 9.17) is 16.3 Å². The molecule has 1 aliphatic rings. The number of rotatable bonds is 6. The van der Waals surface area contributed by atoms with E-state index in [-0.39, 0.29) is 17.0 Å². The zero-order chi connectivity index (χ0) is 21.0. The Bertz CT molecular complexity index is 913. The number of amides is 1. The van der Waals surface area contributed by atoms with Gasteiger partial charge >= 0.3 is 5.69 Å². The summed E-state index contributed by atoms with van der Waals surface area (Å²) in [6.45, 7) is 5.53. The van der Waals surface area contributed by atoms with Crippen LogP contribution in [0.5, 0.6) is 5.75 Å². The van der Waals surface area contributed by atoms with Gasteiger partial charge in [0.05, 0.1) is 22.9 Å². The SMILES string of the molecule is CCOc1ccc(C(=O)Nc2cc(Cl)ccc2N2CCN(C)CC2)cc1[N+](=O)[O-]. The standard InChI is InChI=1S/C20H23ClN4O4/c1-3-29-19-7-4-14(12-18(19)25(27)28)20(26)22-16-13-15(21)5-6-17(16)24-10-8-23(2)9-11-24/h4-7,12-13H,3,8-11H2,1-2H3,(H,22,26). The number of carbonyl (C=O) groups excluding carboxylic acids is 1. The van der Waals surface area contributed by atoms with Crippen LogP contribution in [0.2, 0.25) is 5.02 Å². The summed E-state index contributed by atoms with van der Waals surface area (Å²) in [5, 5.41) is 14.7. The number of piperazine rings is 1. The molecule has 2 aromatic carbocycles. The number of nitro groups is 1. The number of nitrogens with zero attached hydrogens (tertiary/aromatic N) is 3. The maximum absolute atomic E-state index is 12.8. The molecule has 0 aromatic heterocycles. The van der Waals surface area contributed by atoms with Gasteiger partial charge in [-0.05, 0) is 44.3 Å².